The lowest BCUT2D eigenvalue weighted by Gasteiger charge is -2.25. The van der Waals surface area contributed by atoms with Gasteiger partial charge in [0.1, 0.15) is 0 Å². The zero-order chi connectivity index (χ0) is 18.4. The topological polar surface area (TPSA) is 40.6 Å². The van der Waals surface area contributed by atoms with Gasteiger partial charge in [0.25, 0.3) is 0 Å². The quantitative estimate of drug-likeness (QED) is 0.765. The molecule has 0 aliphatic rings. The van der Waals surface area contributed by atoms with Gasteiger partial charge in [0.2, 0.25) is 11.8 Å². The number of rotatable bonds is 6. The van der Waals surface area contributed by atoms with Crippen LogP contribution in [0.4, 0.5) is 11.4 Å². The van der Waals surface area contributed by atoms with E-state index in [1.165, 1.54) is 6.92 Å². The summed E-state index contributed by atoms with van der Waals surface area (Å²) in [4.78, 5) is 28.0. The fourth-order valence-corrected chi connectivity index (χ4v) is 2.86. The lowest BCUT2D eigenvalue weighted by Crippen LogP contribution is -2.36. The maximum atomic E-state index is 12.7. The van der Waals surface area contributed by atoms with Gasteiger partial charge in [0.15, 0.2) is 0 Å². The third-order valence-corrected chi connectivity index (χ3v) is 4.25. The highest BCUT2D eigenvalue weighted by molar-refractivity contribution is 6.30. The Labute approximate surface area is 154 Å². The second-order valence-corrected chi connectivity index (χ2v) is 6.31. The van der Waals surface area contributed by atoms with Crippen molar-refractivity contribution in [3.8, 4) is 0 Å². The van der Waals surface area contributed by atoms with Gasteiger partial charge in [-0.3, -0.25) is 9.59 Å². The molecule has 0 saturated heterocycles. The second-order valence-electron chi connectivity index (χ2n) is 5.87. The predicted octanol–water partition coefficient (Wildman–Crippen LogP) is 4.44. The number of nitrogens with zero attached hydrogens (tertiary/aromatic N) is 2. The van der Waals surface area contributed by atoms with Crippen molar-refractivity contribution in [2.24, 2.45) is 0 Å². The minimum atomic E-state index is -0.103. The van der Waals surface area contributed by atoms with Gasteiger partial charge in [-0.15, -0.1) is 0 Å². The van der Waals surface area contributed by atoms with E-state index < -0.39 is 0 Å². The Balaban J connectivity index is 2.09. The Morgan fingerprint density at radius 1 is 1.00 bits per heavy atom. The molecular weight excluding hydrogens is 336 g/mol. The number of halogens is 1. The fraction of sp³-hybridized carbons (Fsp3) is 0.300. The Hall–Kier alpha value is -2.33. The molecule has 5 heteroatoms. The van der Waals surface area contributed by atoms with E-state index in [0.29, 0.717) is 18.1 Å². The van der Waals surface area contributed by atoms with Crippen LogP contribution in [0.1, 0.15) is 25.8 Å². The zero-order valence-electron chi connectivity index (χ0n) is 14.8. The zero-order valence-corrected chi connectivity index (χ0v) is 15.6. The van der Waals surface area contributed by atoms with Gasteiger partial charge >= 0.3 is 0 Å². The van der Waals surface area contributed by atoms with E-state index >= 15 is 0 Å². The van der Waals surface area contributed by atoms with Crippen molar-refractivity contribution >= 4 is 34.8 Å². The van der Waals surface area contributed by atoms with Crippen molar-refractivity contribution in [1.29, 1.82) is 0 Å². The summed E-state index contributed by atoms with van der Waals surface area (Å²) in [5.74, 6) is -0.109. The minimum absolute atomic E-state index is 0.00619. The van der Waals surface area contributed by atoms with Gasteiger partial charge in [-0.2, -0.15) is 0 Å². The fourth-order valence-electron chi connectivity index (χ4n) is 2.73. The molecule has 0 N–H and O–H groups in total. The minimum Gasteiger partial charge on any atom is -0.313 e. The van der Waals surface area contributed by atoms with Crippen LogP contribution in [0, 0.1) is 6.92 Å². The first-order valence-corrected chi connectivity index (χ1v) is 8.71. The molecule has 25 heavy (non-hydrogen) atoms. The molecule has 2 rings (SSSR count). The van der Waals surface area contributed by atoms with E-state index in [2.05, 4.69) is 0 Å². The van der Waals surface area contributed by atoms with Crippen LogP contribution >= 0.6 is 11.6 Å². The van der Waals surface area contributed by atoms with Crippen LogP contribution in [0.25, 0.3) is 0 Å². The highest BCUT2D eigenvalue weighted by Gasteiger charge is 2.18. The molecule has 0 saturated carbocycles. The molecule has 0 fully saturated rings. The summed E-state index contributed by atoms with van der Waals surface area (Å²) in [5.41, 5.74) is 2.73. The van der Waals surface area contributed by atoms with Gasteiger partial charge in [-0.05, 0) is 55.8 Å². The molecule has 0 aliphatic heterocycles. The first-order valence-electron chi connectivity index (χ1n) is 8.33. The molecule has 2 aromatic carbocycles. The van der Waals surface area contributed by atoms with Gasteiger partial charge in [-0.1, -0.05) is 23.7 Å². The number of hydrogen-bond acceptors (Lipinski definition) is 2. The predicted molar refractivity (Wildman–Crippen MR) is 103 cm³/mol. The van der Waals surface area contributed by atoms with Crippen LogP contribution in [-0.2, 0) is 9.59 Å². The maximum absolute atomic E-state index is 12.7. The summed E-state index contributed by atoms with van der Waals surface area (Å²) in [6, 6.07) is 14.9. The largest absolute Gasteiger partial charge is 0.313 e. The SMILES string of the molecule is CCN(C(=O)CCN(C(C)=O)c1ccc(Cl)cc1)c1cccc(C)c1. The van der Waals surface area contributed by atoms with Crippen molar-refractivity contribution in [1.82, 2.24) is 0 Å². The van der Waals surface area contributed by atoms with E-state index in [0.717, 1.165) is 16.9 Å². The van der Waals surface area contributed by atoms with E-state index in [1.54, 1.807) is 34.1 Å². The molecular formula is C20H23ClN2O2. The normalized spacial score (nSPS) is 10.4. The Kier molecular flexibility index (Phi) is 6.59. The van der Waals surface area contributed by atoms with Gasteiger partial charge in [0.05, 0.1) is 0 Å². The summed E-state index contributed by atoms with van der Waals surface area (Å²) in [6.45, 7) is 6.36. The van der Waals surface area contributed by atoms with Crippen LogP contribution in [0.2, 0.25) is 5.02 Å². The van der Waals surface area contributed by atoms with E-state index in [-0.39, 0.29) is 18.2 Å². The average molecular weight is 359 g/mol. The lowest BCUT2D eigenvalue weighted by molar-refractivity contribution is -0.118. The van der Waals surface area contributed by atoms with Crippen LogP contribution in [0.15, 0.2) is 48.5 Å². The van der Waals surface area contributed by atoms with Crippen LogP contribution < -0.4 is 9.80 Å². The van der Waals surface area contributed by atoms with Crippen molar-refractivity contribution < 1.29 is 9.59 Å². The molecule has 0 heterocycles. The number of anilines is 2. The van der Waals surface area contributed by atoms with Crippen molar-refractivity contribution in [2.75, 3.05) is 22.9 Å². The average Bonchev–Trinajstić information content (AvgIpc) is 2.57. The summed E-state index contributed by atoms with van der Waals surface area (Å²) in [7, 11) is 0. The van der Waals surface area contributed by atoms with E-state index in [4.69, 9.17) is 11.6 Å². The summed E-state index contributed by atoms with van der Waals surface area (Å²) in [5, 5.41) is 0.611. The Morgan fingerprint density at radius 2 is 1.68 bits per heavy atom. The molecule has 0 spiro atoms. The Bertz CT molecular complexity index is 744. The monoisotopic (exact) mass is 358 g/mol. The highest BCUT2D eigenvalue weighted by Crippen LogP contribution is 2.20. The first-order chi connectivity index (χ1) is 11.9. The van der Waals surface area contributed by atoms with E-state index in [9.17, 15) is 9.59 Å². The molecule has 4 nitrogen and oxygen atoms in total. The number of benzene rings is 2. The molecule has 132 valence electrons. The maximum Gasteiger partial charge on any atom is 0.228 e. The highest BCUT2D eigenvalue weighted by atomic mass is 35.5. The van der Waals surface area contributed by atoms with Crippen LogP contribution in [0.3, 0.4) is 0 Å². The van der Waals surface area contributed by atoms with Crippen molar-refractivity contribution in [2.45, 2.75) is 27.2 Å². The molecule has 0 bridgehead atoms. The molecule has 2 amide bonds. The van der Waals surface area contributed by atoms with Crippen LogP contribution in [0.5, 0.6) is 0 Å². The number of aryl methyl sites for hydroxylation is 1. The van der Waals surface area contributed by atoms with Crippen LogP contribution in [-0.4, -0.2) is 24.9 Å². The van der Waals surface area contributed by atoms with Gasteiger partial charge < -0.3 is 9.80 Å². The van der Waals surface area contributed by atoms with Gasteiger partial charge in [0, 0.05) is 42.8 Å². The smallest absolute Gasteiger partial charge is 0.228 e. The third-order valence-electron chi connectivity index (χ3n) is 4.00. The third kappa shape index (κ3) is 5.07. The number of amides is 2. The summed E-state index contributed by atoms with van der Waals surface area (Å²) >= 11 is 5.90. The molecule has 0 atom stereocenters. The number of hydrogen-bond donors (Lipinski definition) is 0. The summed E-state index contributed by atoms with van der Waals surface area (Å²) < 4.78 is 0. The van der Waals surface area contributed by atoms with Crippen molar-refractivity contribution in [3.05, 3.63) is 59.1 Å². The number of carbonyl (C=O) groups is 2. The first kappa shape index (κ1) is 19.0. The molecule has 0 aromatic heterocycles. The lowest BCUT2D eigenvalue weighted by atomic mass is 10.2. The summed E-state index contributed by atoms with van der Waals surface area (Å²) in [6.07, 6.45) is 0.254. The number of carbonyl (C=O) groups excluding carboxylic acids is 2. The van der Waals surface area contributed by atoms with E-state index in [1.807, 2.05) is 38.1 Å². The van der Waals surface area contributed by atoms with Crippen molar-refractivity contribution in [3.63, 3.8) is 0 Å². The second kappa shape index (κ2) is 8.67. The Morgan fingerprint density at radius 3 is 2.24 bits per heavy atom. The molecule has 0 unspecified atom stereocenters. The standard InChI is InChI=1S/C20H23ClN2O2/c1-4-22(19-7-5-6-15(2)14-19)20(25)12-13-23(16(3)24)18-10-8-17(21)9-11-18/h5-11,14H,4,12-13H2,1-3H3. The molecule has 0 radical (unpaired) electrons. The molecule has 0 aliphatic carbocycles. The van der Waals surface area contributed by atoms with Gasteiger partial charge in [-0.25, -0.2) is 0 Å². The molecule has 2 aromatic rings.